The minimum Gasteiger partial charge on any atom is -0.276 e. The molecule has 0 aliphatic heterocycles. The summed E-state index contributed by atoms with van der Waals surface area (Å²) in [5.74, 6) is 0. The second kappa shape index (κ2) is 5.84. The fraction of sp³-hybridized carbons (Fsp3) is 0. The van der Waals surface area contributed by atoms with Crippen molar-refractivity contribution in [2.75, 3.05) is 5.43 Å². The van der Waals surface area contributed by atoms with Gasteiger partial charge in [0.15, 0.2) is 0 Å². The van der Waals surface area contributed by atoms with Crippen LogP contribution in [0.1, 0.15) is 5.56 Å². The van der Waals surface area contributed by atoms with Crippen LogP contribution < -0.4 is 5.43 Å². The van der Waals surface area contributed by atoms with E-state index in [0.29, 0.717) is 0 Å². The molecule has 4 heteroatoms. The van der Waals surface area contributed by atoms with Crippen LogP contribution in [0.25, 0.3) is 10.9 Å². The number of fused-ring (bicyclic) bond motifs is 1. The van der Waals surface area contributed by atoms with Crippen molar-refractivity contribution in [3.05, 3.63) is 70.8 Å². The van der Waals surface area contributed by atoms with Crippen molar-refractivity contribution in [1.82, 2.24) is 4.98 Å². The third kappa shape index (κ3) is 2.86. The summed E-state index contributed by atoms with van der Waals surface area (Å²) in [6, 6.07) is 17.9. The third-order valence-corrected chi connectivity index (χ3v) is 3.43. The maximum atomic E-state index is 4.38. The largest absolute Gasteiger partial charge is 0.276 e. The summed E-state index contributed by atoms with van der Waals surface area (Å²) in [6.45, 7) is 0. The highest BCUT2D eigenvalue weighted by Gasteiger charge is 1.99. The molecule has 3 nitrogen and oxygen atoms in total. The molecule has 0 spiro atoms. The molecule has 0 fully saturated rings. The van der Waals surface area contributed by atoms with Gasteiger partial charge in [0.2, 0.25) is 0 Å². The van der Waals surface area contributed by atoms with E-state index in [1.807, 2.05) is 54.6 Å². The Hall–Kier alpha value is -2.20. The Morgan fingerprint density at radius 2 is 1.80 bits per heavy atom. The van der Waals surface area contributed by atoms with Crippen molar-refractivity contribution in [3.8, 4) is 0 Å². The number of rotatable bonds is 3. The Bertz CT molecular complexity index is 746. The molecule has 0 saturated heterocycles. The van der Waals surface area contributed by atoms with E-state index in [0.717, 1.165) is 26.6 Å². The Kier molecular flexibility index (Phi) is 3.74. The standard InChI is InChI=1S/C16H12BrN3/c17-14-8-6-12(7-9-14)11-19-20-15-5-1-3-13-4-2-10-18-16(13)15/h1-11,20H/b19-11+. The fourth-order valence-electron chi connectivity index (χ4n) is 1.92. The molecule has 0 aliphatic rings. The fourth-order valence-corrected chi connectivity index (χ4v) is 2.18. The first-order valence-electron chi connectivity index (χ1n) is 6.21. The van der Waals surface area contributed by atoms with Crippen molar-refractivity contribution < 1.29 is 0 Å². The molecular formula is C16H12BrN3. The van der Waals surface area contributed by atoms with Crippen LogP contribution in [0.2, 0.25) is 0 Å². The average Bonchev–Trinajstić information content (AvgIpc) is 2.49. The smallest absolute Gasteiger partial charge is 0.0951 e. The summed E-state index contributed by atoms with van der Waals surface area (Å²) in [6.07, 6.45) is 3.57. The number of nitrogens with zero attached hydrogens (tertiary/aromatic N) is 2. The zero-order valence-electron chi connectivity index (χ0n) is 10.6. The van der Waals surface area contributed by atoms with E-state index in [2.05, 4.69) is 31.4 Å². The van der Waals surface area contributed by atoms with Crippen LogP contribution in [-0.4, -0.2) is 11.2 Å². The molecule has 0 atom stereocenters. The Morgan fingerprint density at radius 1 is 1.00 bits per heavy atom. The van der Waals surface area contributed by atoms with Crippen LogP contribution in [0.4, 0.5) is 5.69 Å². The van der Waals surface area contributed by atoms with Gasteiger partial charge in [-0.25, -0.2) is 0 Å². The summed E-state index contributed by atoms with van der Waals surface area (Å²) in [5.41, 5.74) is 5.90. The molecule has 1 N–H and O–H groups in total. The van der Waals surface area contributed by atoms with E-state index >= 15 is 0 Å². The second-order valence-corrected chi connectivity index (χ2v) is 5.22. The molecule has 0 radical (unpaired) electrons. The van der Waals surface area contributed by atoms with Crippen molar-refractivity contribution in [2.45, 2.75) is 0 Å². The number of halogens is 1. The monoisotopic (exact) mass is 325 g/mol. The van der Waals surface area contributed by atoms with Gasteiger partial charge in [-0.15, -0.1) is 0 Å². The van der Waals surface area contributed by atoms with Crippen molar-refractivity contribution in [1.29, 1.82) is 0 Å². The molecular weight excluding hydrogens is 314 g/mol. The SMILES string of the molecule is Brc1ccc(/C=N/Nc2cccc3cccnc23)cc1. The van der Waals surface area contributed by atoms with Gasteiger partial charge < -0.3 is 0 Å². The number of nitrogens with one attached hydrogen (secondary N) is 1. The molecule has 0 unspecified atom stereocenters. The molecule has 20 heavy (non-hydrogen) atoms. The van der Waals surface area contributed by atoms with Gasteiger partial charge in [0, 0.05) is 16.1 Å². The molecule has 98 valence electrons. The van der Waals surface area contributed by atoms with Gasteiger partial charge in [-0.05, 0) is 29.8 Å². The molecule has 2 aromatic carbocycles. The van der Waals surface area contributed by atoms with E-state index < -0.39 is 0 Å². The van der Waals surface area contributed by atoms with E-state index in [9.17, 15) is 0 Å². The molecule has 0 aliphatic carbocycles. The minimum atomic E-state index is 0.900. The first-order chi connectivity index (χ1) is 9.83. The number of para-hydroxylation sites is 1. The molecule has 3 rings (SSSR count). The summed E-state index contributed by atoms with van der Waals surface area (Å²) in [5, 5.41) is 5.36. The van der Waals surface area contributed by atoms with Crippen LogP contribution in [0.5, 0.6) is 0 Å². The molecule has 3 aromatic rings. The summed E-state index contributed by atoms with van der Waals surface area (Å²) in [4.78, 5) is 4.38. The number of aromatic nitrogens is 1. The van der Waals surface area contributed by atoms with Crippen LogP contribution >= 0.6 is 15.9 Å². The van der Waals surface area contributed by atoms with Gasteiger partial charge in [0.1, 0.15) is 0 Å². The molecule has 0 bridgehead atoms. The van der Waals surface area contributed by atoms with Crippen LogP contribution in [-0.2, 0) is 0 Å². The Labute approximate surface area is 125 Å². The van der Waals surface area contributed by atoms with Gasteiger partial charge >= 0.3 is 0 Å². The Balaban J connectivity index is 1.81. The average molecular weight is 326 g/mol. The number of hydrazone groups is 1. The van der Waals surface area contributed by atoms with E-state index in [4.69, 9.17) is 0 Å². The van der Waals surface area contributed by atoms with Gasteiger partial charge in [0.25, 0.3) is 0 Å². The predicted molar refractivity (Wildman–Crippen MR) is 87.1 cm³/mol. The number of anilines is 1. The highest BCUT2D eigenvalue weighted by atomic mass is 79.9. The quantitative estimate of drug-likeness (QED) is 0.570. The molecule has 1 aromatic heterocycles. The lowest BCUT2D eigenvalue weighted by Gasteiger charge is -2.04. The van der Waals surface area contributed by atoms with Gasteiger partial charge in [-0.3, -0.25) is 10.4 Å². The third-order valence-electron chi connectivity index (χ3n) is 2.90. The first-order valence-corrected chi connectivity index (χ1v) is 7.00. The van der Waals surface area contributed by atoms with Crippen molar-refractivity contribution in [3.63, 3.8) is 0 Å². The van der Waals surface area contributed by atoms with Crippen LogP contribution in [0.15, 0.2) is 70.4 Å². The number of benzene rings is 2. The van der Waals surface area contributed by atoms with Crippen LogP contribution in [0.3, 0.4) is 0 Å². The first kappa shape index (κ1) is 12.8. The zero-order chi connectivity index (χ0) is 13.8. The maximum absolute atomic E-state index is 4.38. The summed E-state index contributed by atoms with van der Waals surface area (Å²) in [7, 11) is 0. The predicted octanol–water partition coefficient (Wildman–Crippen LogP) is 4.44. The molecule has 0 amide bonds. The van der Waals surface area contributed by atoms with Gasteiger partial charge in [-0.1, -0.05) is 46.3 Å². The lowest BCUT2D eigenvalue weighted by atomic mass is 10.2. The normalized spacial score (nSPS) is 11.1. The summed E-state index contributed by atoms with van der Waals surface area (Å²) >= 11 is 3.41. The van der Waals surface area contributed by atoms with Crippen molar-refractivity contribution in [2.24, 2.45) is 5.10 Å². The van der Waals surface area contributed by atoms with E-state index in [1.165, 1.54) is 0 Å². The highest BCUT2D eigenvalue weighted by molar-refractivity contribution is 9.10. The van der Waals surface area contributed by atoms with Crippen LogP contribution in [0, 0.1) is 0 Å². The number of pyridine rings is 1. The lowest BCUT2D eigenvalue weighted by Crippen LogP contribution is -1.92. The van der Waals surface area contributed by atoms with Crippen molar-refractivity contribution >= 4 is 38.7 Å². The Morgan fingerprint density at radius 3 is 2.65 bits per heavy atom. The molecule has 0 saturated carbocycles. The number of hydrogen-bond acceptors (Lipinski definition) is 3. The summed E-state index contributed by atoms with van der Waals surface area (Å²) < 4.78 is 1.06. The zero-order valence-corrected chi connectivity index (χ0v) is 12.2. The van der Waals surface area contributed by atoms with E-state index in [1.54, 1.807) is 12.4 Å². The highest BCUT2D eigenvalue weighted by Crippen LogP contribution is 2.20. The number of hydrogen-bond donors (Lipinski definition) is 1. The van der Waals surface area contributed by atoms with Gasteiger partial charge in [-0.2, -0.15) is 5.10 Å². The maximum Gasteiger partial charge on any atom is 0.0951 e. The van der Waals surface area contributed by atoms with Gasteiger partial charge in [0.05, 0.1) is 17.4 Å². The second-order valence-electron chi connectivity index (χ2n) is 4.30. The van der Waals surface area contributed by atoms with E-state index in [-0.39, 0.29) is 0 Å². The topological polar surface area (TPSA) is 37.3 Å². The molecule has 1 heterocycles. The lowest BCUT2D eigenvalue weighted by molar-refractivity contribution is 1.33. The minimum absolute atomic E-state index is 0.900.